The zero-order valence-corrected chi connectivity index (χ0v) is 9.80. The molecule has 5 nitrogen and oxygen atoms in total. The van der Waals surface area contributed by atoms with Gasteiger partial charge in [0.15, 0.2) is 11.8 Å². The van der Waals surface area contributed by atoms with Crippen LogP contribution in [0.3, 0.4) is 0 Å². The van der Waals surface area contributed by atoms with Gasteiger partial charge in [0.05, 0.1) is 18.5 Å². The van der Waals surface area contributed by atoms with Gasteiger partial charge in [0, 0.05) is 0 Å². The minimum absolute atomic E-state index is 0.0799. The van der Waals surface area contributed by atoms with Gasteiger partial charge in [-0.15, -0.1) is 0 Å². The molecule has 0 aliphatic heterocycles. The standard InChI is InChI=1S/C8H14BrNO4/c1-3-13-8(12)7(6(11)5-9)10-14-4-2/h7,10H,3-5H2,1-2H3. The van der Waals surface area contributed by atoms with Crippen molar-refractivity contribution in [2.45, 2.75) is 19.9 Å². The van der Waals surface area contributed by atoms with Gasteiger partial charge in [-0.05, 0) is 13.8 Å². The topological polar surface area (TPSA) is 64.6 Å². The minimum atomic E-state index is -1.05. The molecule has 0 aromatic carbocycles. The predicted octanol–water partition coefficient (Wildman–Crippen LogP) is 0.423. The Morgan fingerprint density at radius 1 is 1.36 bits per heavy atom. The van der Waals surface area contributed by atoms with E-state index in [9.17, 15) is 9.59 Å². The van der Waals surface area contributed by atoms with E-state index in [-0.39, 0.29) is 17.7 Å². The number of ketones is 1. The van der Waals surface area contributed by atoms with Crippen LogP contribution in [0.5, 0.6) is 0 Å². The number of carbonyl (C=O) groups is 2. The maximum Gasteiger partial charge on any atom is 0.333 e. The Morgan fingerprint density at radius 2 is 2.00 bits per heavy atom. The lowest BCUT2D eigenvalue weighted by Gasteiger charge is -2.13. The monoisotopic (exact) mass is 267 g/mol. The fourth-order valence-corrected chi connectivity index (χ4v) is 1.04. The Hall–Kier alpha value is -0.460. The predicted molar refractivity (Wildman–Crippen MR) is 54.0 cm³/mol. The molecule has 82 valence electrons. The van der Waals surface area contributed by atoms with Crippen LogP contribution < -0.4 is 5.48 Å². The van der Waals surface area contributed by atoms with Crippen molar-refractivity contribution < 1.29 is 19.2 Å². The number of ether oxygens (including phenoxy) is 1. The van der Waals surface area contributed by atoms with Crippen LogP contribution in [-0.2, 0) is 19.2 Å². The van der Waals surface area contributed by atoms with Gasteiger partial charge in [-0.2, -0.15) is 5.48 Å². The van der Waals surface area contributed by atoms with Crippen LogP contribution in [0, 0.1) is 0 Å². The first-order chi connectivity index (χ1) is 6.67. The Labute approximate surface area is 91.2 Å². The van der Waals surface area contributed by atoms with E-state index < -0.39 is 12.0 Å². The van der Waals surface area contributed by atoms with Gasteiger partial charge in [0.2, 0.25) is 0 Å². The highest BCUT2D eigenvalue weighted by molar-refractivity contribution is 9.09. The summed E-state index contributed by atoms with van der Waals surface area (Å²) in [5, 5.41) is 0.0799. The fourth-order valence-electron chi connectivity index (χ4n) is 0.715. The van der Waals surface area contributed by atoms with Crippen molar-refractivity contribution in [1.82, 2.24) is 5.48 Å². The van der Waals surface area contributed by atoms with E-state index in [4.69, 9.17) is 9.57 Å². The average Bonchev–Trinajstić information content (AvgIpc) is 2.18. The molecule has 0 fully saturated rings. The highest BCUT2D eigenvalue weighted by Crippen LogP contribution is 1.95. The van der Waals surface area contributed by atoms with Crippen LogP contribution in [-0.4, -0.2) is 36.3 Å². The van der Waals surface area contributed by atoms with Gasteiger partial charge in [-0.1, -0.05) is 15.9 Å². The summed E-state index contributed by atoms with van der Waals surface area (Å²) in [4.78, 5) is 27.3. The van der Waals surface area contributed by atoms with E-state index >= 15 is 0 Å². The van der Waals surface area contributed by atoms with Crippen molar-refractivity contribution in [3.63, 3.8) is 0 Å². The molecular formula is C8H14BrNO4. The van der Waals surface area contributed by atoms with Crippen LogP contribution >= 0.6 is 15.9 Å². The van der Waals surface area contributed by atoms with Crippen molar-refractivity contribution >= 4 is 27.7 Å². The van der Waals surface area contributed by atoms with Crippen LogP contribution in [0.25, 0.3) is 0 Å². The number of alkyl halides is 1. The van der Waals surface area contributed by atoms with Gasteiger partial charge >= 0.3 is 5.97 Å². The molecule has 0 rings (SSSR count). The molecule has 1 N–H and O–H groups in total. The molecule has 0 bridgehead atoms. The Kier molecular flexibility index (Phi) is 7.64. The summed E-state index contributed by atoms with van der Waals surface area (Å²) in [6.45, 7) is 4.02. The molecule has 0 aromatic heterocycles. The molecule has 0 aromatic rings. The summed E-state index contributed by atoms with van der Waals surface area (Å²) in [6.07, 6.45) is 0. The molecule has 0 saturated carbocycles. The van der Waals surface area contributed by atoms with Gasteiger partial charge in [-0.3, -0.25) is 4.79 Å². The number of carbonyl (C=O) groups excluding carboxylic acids is 2. The maximum atomic E-state index is 11.2. The lowest BCUT2D eigenvalue weighted by Crippen LogP contribution is -2.45. The van der Waals surface area contributed by atoms with Crippen molar-refractivity contribution in [3.8, 4) is 0 Å². The van der Waals surface area contributed by atoms with Gasteiger partial charge in [0.1, 0.15) is 0 Å². The second-order valence-corrected chi connectivity index (χ2v) is 2.90. The Balaban J connectivity index is 4.22. The summed E-state index contributed by atoms with van der Waals surface area (Å²) in [6, 6.07) is -1.05. The third-order valence-electron chi connectivity index (χ3n) is 1.32. The number of hydroxylamine groups is 1. The summed E-state index contributed by atoms with van der Waals surface area (Å²) < 4.78 is 4.70. The van der Waals surface area contributed by atoms with Crippen LogP contribution in [0.2, 0.25) is 0 Å². The Morgan fingerprint density at radius 3 is 2.43 bits per heavy atom. The zero-order valence-electron chi connectivity index (χ0n) is 8.21. The summed E-state index contributed by atoms with van der Waals surface area (Å²) in [7, 11) is 0. The number of Topliss-reactive ketones (excluding diaryl/α,β-unsaturated/α-hetero) is 1. The first-order valence-electron chi connectivity index (χ1n) is 4.29. The number of halogens is 1. The summed E-state index contributed by atoms with van der Waals surface area (Å²) in [5.41, 5.74) is 2.35. The number of nitrogens with one attached hydrogen (secondary N) is 1. The third kappa shape index (κ3) is 4.69. The minimum Gasteiger partial charge on any atom is -0.464 e. The average molecular weight is 268 g/mol. The normalized spacial score (nSPS) is 12.2. The molecule has 0 aliphatic rings. The van der Waals surface area contributed by atoms with Crippen LogP contribution in [0.4, 0.5) is 0 Å². The highest BCUT2D eigenvalue weighted by Gasteiger charge is 2.26. The molecule has 1 atom stereocenters. The van der Waals surface area contributed by atoms with Crippen LogP contribution in [0.1, 0.15) is 13.8 Å². The maximum absolute atomic E-state index is 11.2. The zero-order chi connectivity index (χ0) is 11.0. The lowest BCUT2D eigenvalue weighted by atomic mass is 10.2. The molecular weight excluding hydrogens is 254 g/mol. The van der Waals surface area contributed by atoms with Crippen molar-refractivity contribution in [2.75, 3.05) is 18.5 Å². The molecule has 6 heteroatoms. The fraction of sp³-hybridized carbons (Fsp3) is 0.750. The molecule has 14 heavy (non-hydrogen) atoms. The molecule has 0 spiro atoms. The third-order valence-corrected chi connectivity index (χ3v) is 1.87. The summed E-state index contributed by atoms with van der Waals surface area (Å²) in [5.74, 6) is -0.942. The van der Waals surface area contributed by atoms with E-state index in [0.29, 0.717) is 6.61 Å². The first-order valence-corrected chi connectivity index (χ1v) is 5.42. The van der Waals surface area contributed by atoms with E-state index in [1.807, 2.05) is 0 Å². The quantitative estimate of drug-likeness (QED) is 0.314. The first kappa shape index (κ1) is 13.5. The van der Waals surface area contributed by atoms with Gasteiger partial charge in [0.25, 0.3) is 0 Å². The van der Waals surface area contributed by atoms with Gasteiger partial charge < -0.3 is 9.57 Å². The van der Waals surface area contributed by atoms with Crippen molar-refractivity contribution in [3.05, 3.63) is 0 Å². The molecule has 0 aliphatic carbocycles. The van der Waals surface area contributed by atoms with E-state index in [0.717, 1.165) is 0 Å². The SMILES string of the molecule is CCONC(C(=O)CBr)C(=O)OCC. The van der Waals surface area contributed by atoms with E-state index in [2.05, 4.69) is 21.4 Å². The Bertz CT molecular complexity index is 198. The van der Waals surface area contributed by atoms with E-state index in [1.54, 1.807) is 13.8 Å². The van der Waals surface area contributed by atoms with Gasteiger partial charge in [-0.25, -0.2) is 4.79 Å². The molecule has 0 amide bonds. The lowest BCUT2D eigenvalue weighted by molar-refractivity contribution is -0.153. The second-order valence-electron chi connectivity index (χ2n) is 2.34. The second kappa shape index (κ2) is 7.90. The summed E-state index contributed by atoms with van der Waals surface area (Å²) >= 11 is 2.97. The van der Waals surface area contributed by atoms with Crippen molar-refractivity contribution in [2.24, 2.45) is 0 Å². The number of hydrogen-bond acceptors (Lipinski definition) is 5. The van der Waals surface area contributed by atoms with E-state index in [1.165, 1.54) is 0 Å². The van der Waals surface area contributed by atoms with Crippen molar-refractivity contribution in [1.29, 1.82) is 0 Å². The smallest absolute Gasteiger partial charge is 0.333 e. The largest absolute Gasteiger partial charge is 0.464 e. The molecule has 0 saturated heterocycles. The molecule has 1 unspecified atom stereocenters. The number of rotatable bonds is 7. The number of esters is 1. The molecule has 0 radical (unpaired) electrons. The van der Waals surface area contributed by atoms with Crippen LogP contribution in [0.15, 0.2) is 0 Å². The molecule has 0 heterocycles. The highest BCUT2D eigenvalue weighted by atomic mass is 79.9. The number of hydrogen-bond donors (Lipinski definition) is 1.